The number of ether oxygens (including phenoxy) is 1. The van der Waals surface area contributed by atoms with Gasteiger partial charge in [0.2, 0.25) is 5.90 Å². The van der Waals surface area contributed by atoms with E-state index in [0.717, 1.165) is 23.8 Å². The highest BCUT2D eigenvalue weighted by Crippen LogP contribution is 2.28. The molecule has 0 unspecified atom stereocenters. The molecular formula is C17H11N3O6. The Hall–Kier alpha value is -3.88. The topological polar surface area (TPSA) is 125 Å². The van der Waals surface area contributed by atoms with Crippen LogP contribution in [0.2, 0.25) is 0 Å². The van der Waals surface area contributed by atoms with E-state index in [1.807, 2.05) is 19.1 Å². The Balaban J connectivity index is 2.02. The quantitative estimate of drug-likeness (QED) is 0.360. The van der Waals surface area contributed by atoms with E-state index in [1.165, 1.54) is 6.08 Å². The van der Waals surface area contributed by atoms with Gasteiger partial charge in [0.1, 0.15) is 5.56 Å². The van der Waals surface area contributed by atoms with Crippen LogP contribution in [-0.2, 0) is 9.53 Å². The summed E-state index contributed by atoms with van der Waals surface area (Å²) < 4.78 is 5.02. The van der Waals surface area contributed by atoms with Crippen LogP contribution in [0.5, 0.6) is 0 Å². The molecule has 9 nitrogen and oxygen atoms in total. The summed E-state index contributed by atoms with van der Waals surface area (Å²) in [5, 5.41) is 22.0. The highest BCUT2D eigenvalue weighted by atomic mass is 16.6. The maximum atomic E-state index is 12.0. The molecule has 26 heavy (non-hydrogen) atoms. The number of carbonyl (C=O) groups is 1. The van der Waals surface area contributed by atoms with Crippen molar-refractivity contribution in [1.29, 1.82) is 0 Å². The number of nitro groups is 2. The number of nitro benzene ring substituents is 2. The average Bonchev–Trinajstić information content (AvgIpc) is 2.96. The van der Waals surface area contributed by atoms with Gasteiger partial charge in [-0.3, -0.25) is 20.2 Å². The summed E-state index contributed by atoms with van der Waals surface area (Å²) in [6.45, 7) is 1.92. The highest BCUT2D eigenvalue weighted by molar-refractivity contribution is 6.14. The smallest absolute Gasteiger partial charge is 0.363 e. The molecule has 0 saturated carbocycles. The number of rotatable bonds is 4. The molecule has 1 aliphatic heterocycles. The lowest BCUT2D eigenvalue weighted by atomic mass is 10.1. The Labute approximate surface area is 146 Å². The first-order valence-corrected chi connectivity index (χ1v) is 7.37. The predicted octanol–water partition coefficient (Wildman–Crippen LogP) is 3.16. The van der Waals surface area contributed by atoms with Crippen LogP contribution in [0.3, 0.4) is 0 Å². The number of aryl methyl sites for hydroxylation is 1. The number of aliphatic imine (C=N–C) groups is 1. The number of carbonyl (C=O) groups excluding carboxylic acids is 1. The van der Waals surface area contributed by atoms with Gasteiger partial charge < -0.3 is 4.74 Å². The Bertz CT molecular complexity index is 992. The zero-order valence-electron chi connectivity index (χ0n) is 13.4. The molecule has 9 heteroatoms. The molecule has 1 heterocycles. The van der Waals surface area contributed by atoms with Crippen LogP contribution in [0.25, 0.3) is 6.08 Å². The van der Waals surface area contributed by atoms with E-state index in [4.69, 9.17) is 4.74 Å². The molecule has 0 radical (unpaired) electrons. The van der Waals surface area contributed by atoms with Crippen LogP contribution in [0.1, 0.15) is 16.7 Å². The van der Waals surface area contributed by atoms with E-state index in [0.29, 0.717) is 5.56 Å². The highest BCUT2D eigenvalue weighted by Gasteiger charge is 2.30. The van der Waals surface area contributed by atoms with Crippen LogP contribution in [0.4, 0.5) is 11.4 Å². The number of hydrogen-bond donors (Lipinski definition) is 0. The van der Waals surface area contributed by atoms with Crippen molar-refractivity contribution in [2.75, 3.05) is 0 Å². The minimum Gasteiger partial charge on any atom is -0.402 e. The Morgan fingerprint density at radius 2 is 1.73 bits per heavy atom. The monoisotopic (exact) mass is 353 g/mol. The number of non-ortho nitro benzene ring substituents is 1. The number of benzene rings is 2. The van der Waals surface area contributed by atoms with E-state index in [-0.39, 0.29) is 17.2 Å². The van der Waals surface area contributed by atoms with Gasteiger partial charge in [0.05, 0.1) is 15.9 Å². The molecule has 2 aromatic carbocycles. The molecule has 0 bridgehead atoms. The number of hydrogen-bond acceptors (Lipinski definition) is 7. The van der Waals surface area contributed by atoms with Crippen molar-refractivity contribution >= 4 is 29.3 Å². The summed E-state index contributed by atoms with van der Waals surface area (Å²) in [6.07, 6.45) is 1.49. The molecule has 0 N–H and O–H groups in total. The van der Waals surface area contributed by atoms with E-state index in [2.05, 4.69) is 4.99 Å². The standard InChI is InChI=1S/C17H11N3O6/c1-10-2-4-11(5-3-10)8-14-17(21)26-16(18-14)13-7-6-12(19(22)23)9-15(13)20(24)25/h2-9H,1H3/b14-8-. The normalized spacial score (nSPS) is 14.9. The summed E-state index contributed by atoms with van der Waals surface area (Å²) in [7, 11) is 0. The molecule has 0 aromatic heterocycles. The molecule has 0 amide bonds. The molecular weight excluding hydrogens is 342 g/mol. The van der Waals surface area contributed by atoms with Gasteiger partial charge in [0.25, 0.3) is 11.4 Å². The molecule has 0 saturated heterocycles. The van der Waals surface area contributed by atoms with Gasteiger partial charge in [-0.1, -0.05) is 29.8 Å². The van der Waals surface area contributed by atoms with E-state index >= 15 is 0 Å². The van der Waals surface area contributed by atoms with Gasteiger partial charge in [-0.25, -0.2) is 9.79 Å². The van der Waals surface area contributed by atoms with Gasteiger partial charge in [0.15, 0.2) is 5.70 Å². The fourth-order valence-corrected chi connectivity index (χ4v) is 2.31. The van der Waals surface area contributed by atoms with Crippen molar-refractivity contribution < 1.29 is 19.4 Å². The third kappa shape index (κ3) is 3.31. The average molecular weight is 353 g/mol. The molecule has 130 valence electrons. The first-order chi connectivity index (χ1) is 12.3. The zero-order valence-corrected chi connectivity index (χ0v) is 13.4. The van der Waals surface area contributed by atoms with Crippen molar-refractivity contribution in [3.05, 3.63) is 85.1 Å². The van der Waals surface area contributed by atoms with E-state index in [1.54, 1.807) is 12.1 Å². The van der Waals surface area contributed by atoms with Crippen molar-refractivity contribution in [3.63, 3.8) is 0 Å². The molecule has 0 spiro atoms. The van der Waals surface area contributed by atoms with Gasteiger partial charge in [0, 0.05) is 6.07 Å². The van der Waals surface area contributed by atoms with Crippen molar-refractivity contribution in [3.8, 4) is 0 Å². The lowest BCUT2D eigenvalue weighted by Gasteiger charge is -2.01. The summed E-state index contributed by atoms with van der Waals surface area (Å²) in [6, 6.07) is 10.3. The van der Waals surface area contributed by atoms with Crippen molar-refractivity contribution in [2.45, 2.75) is 6.92 Å². The maximum Gasteiger partial charge on any atom is 0.363 e. The third-order valence-electron chi connectivity index (χ3n) is 3.62. The summed E-state index contributed by atoms with van der Waals surface area (Å²) in [4.78, 5) is 36.5. The largest absolute Gasteiger partial charge is 0.402 e. The van der Waals surface area contributed by atoms with Gasteiger partial charge in [-0.2, -0.15) is 0 Å². The van der Waals surface area contributed by atoms with Crippen LogP contribution in [-0.4, -0.2) is 21.7 Å². The fraction of sp³-hybridized carbons (Fsp3) is 0.0588. The fourth-order valence-electron chi connectivity index (χ4n) is 2.31. The van der Waals surface area contributed by atoms with Crippen molar-refractivity contribution in [2.24, 2.45) is 4.99 Å². The van der Waals surface area contributed by atoms with Gasteiger partial charge in [-0.05, 0) is 24.6 Å². The maximum absolute atomic E-state index is 12.0. The van der Waals surface area contributed by atoms with Crippen LogP contribution < -0.4 is 0 Å². The summed E-state index contributed by atoms with van der Waals surface area (Å²) >= 11 is 0. The Morgan fingerprint density at radius 3 is 2.35 bits per heavy atom. The second-order valence-corrected chi connectivity index (χ2v) is 5.46. The SMILES string of the molecule is Cc1ccc(/C=C2\N=C(c3ccc([N+](=O)[O-])cc3[N+](=O)[O-])OC2=O)cc1. The molecule has 0 fully saturated rings. The number of esters is 1. The first-order valence-electron chi connectivity index (χ1n) is 7.37. The van der Waals surface area contributed by atoms with Gasteiger partial charge in [-0.15, -0.1) is 0 Å². The van der Waals surface area contributed by atoms with E-state index < -0.39 is 27.2 Å². The predicted molar refractivity (Wildman–Crippen MR) is 91.5 cm³/mol. The van der Waals surface area contributed by atoms with Crippen LogP contribution in [0, 0.1) is 27.2 Å². The molecule has 2 aromatic rings. The zero-order chi connectivity index (χ0) is 18.8. The molecule has 3 rings (SSSR count). The first kappa shape index (κ1) is 17.0. The minimum atomic E-state index is -0.791. The van der Waals surface area contributed by atoms with Crippen LogP contribution in [0.15, 0.2) is 53.2 Å². The van der Waals surface area contributed by atoms with E-state index in [9.17, 15) is 25.0 Å². The molecule has 0 aliphatic carbocycles. The number of cyclic esters (lactones) is 1. The lowest BCUT2D eigenvalue weighted by molar-refractivity contribution is -0.394. The summed E-state index contributed by atoms with van der Waals surface area (Å²) in [5.41, 5.74) is 0.624. The Morgan fingerprint density at radius 1 is 1.04 bits per heavy atom. The summed E-state index contributed by atoms with van der Waals surface area (Å²) in [5.74, 6) is -1.02. The van der Waals surface area contributed by atoms with Crippen molar-refractivity contribution in [1.82, 2.24) is 0 Å². The Kier molecular flexibility index (Phi) is 4.27. The second kappa shape index (κ2) is 6.55. The minimum absolute atomic E-state index is 0.0171. The second-order valence-electron chi connectivity index (χ2n) is 5.46. The number of nitrogens with zero attached hydrogens (tertiary/aromatic N) is 3. The van der Waals surface area contributed by atoms with Gasteiger partial charge >= 0.3 is 5.97 Å². The lowest BCUT2D eigenvalue weighted by Crippen LogP contribution is -2.08. The van der Waals surface area contributed by atoms with Crippen LogP contribution >= 0.6 is 0 Å². The molecule has 1 aliphatic rings. The molecule has 0 atom stereocenters. The third-order valence-corrected chi connectivity index (χ3v) is 3.62.